The second-order valence-electron chi connectivity index (χ2n) is 4.42. The normalized spacial score (nSPS) is 11.2. The summed E-state index contributed by atoms with van der Waals surface area (Å²) >= 11 is 0. The van der Waals surface area contributed by atoms with Crippen LogP contribution in [0.25, 0.3) is 16.9 Å². The van der Waals surface area contributed by atoms with Crippen molar-refractivity contribution in [2.75, 3.05) is 0 Å². The molecule has 1 aromatic carbocycles. The number of fused-ring (bicyclic) bond motifs is 1. The number of benzene rings is 1. The van der Waals surface area contributed by atoms with Gasteiger partial charge in [0.2, 0.25) is 0 Å². The predicted molar refractivity (Wildman–Crippen MR) is 71.8 cm³/mol. The van der Waals surface area contributed by atoms with Crippen LogP contribution in [0, 0.1) is 5.82 Å². The Labute approximate surface area is 117 Å². The Balaban J connectivity index is 2.42. The highest BCUT2D eigenvalue weighted by Crippen LogP contribution is 2.27. The summed E-state index contributed by atoms with van der Waals surface area (Å²) in [6, 6.07) is 10.6. The van der Waals surface area contributed by atoms with Crippen LogP contribution in [0.15, 0.2) is 53.5 Å². The zero-order valence-electron chi connectivity index (χ0n) is 10.6. The molecule has 0 aliphatic carbocycles. The first kappa shape index (κ1) is 13.4. The summed E-state index contributed by atoms with van der Waals surface area (Å²) in [6.07, 6.45) is -2.15. The molecule has 106 valence electrons. The van der Waals surface area contributed by atoms with Crippen molar-refractivity contribution < 1.29 is 13.2 Å². The average molecular weight is 290 g/mol. The standard InChI is InChI=1S/C15H9F3N2O/c16-10-6-7-11-19-13(9-4-2-1-3-5-9)12(14(17)18)15(21)20(11)8-10/h1-8,14H. The molecule has 3 nitrogen and oxygen atoms in total. The fraction of sp³-hybridized carbons (Fsp3) is 0.0667. The molecular weight excluding hydrogens is 281 g/mol. The first-order chi connectivity index (χ1) is 10.1. The zero-order chi connectivity index (χ0) is 15.0. The molecular formula is C15H9F3N2O. The lowest BCUT2D eigenvalue weighted by Gasteiger charge is -2.10. The second-order valence-corrected chi connectivity index (χ2v) is 4.42. The minimum atomic E-state index is -3.00. The van der Waals surface area contributed by atoms with Crippen LogP contribution in [0.1, 0.15) is 12.0 Å². The summed E-state index contributed by atoms with van der Waals surface area (Å²) in [6.45, 7) is 0. The van der Waals surface area contributed by atoms with Crippen molar-refractivity contribution in [1.82, 2.24) is 9.38 Å². The molecule has 2 aromatic heterocycles. The molecule has 0 aliphatic rings. The van der Waals surface area contributed by atoms with Crippen molar-refractivity contribution in [3.63, 3.8) is 0 Å². The van der Waals surface area contributed by atoms with E-state index in [0.29, 0.717) is 5.56 Å². The van der Waals surface area contributed by atoms with E-state index in [1.54, 1.807) is 30.3 Å². The molecule has 3 rings (SSSR count). The molecule has 3 aromatic rings. The maximum atomic E-state index is 13.3. The van der Waals surface area contributed by atoms with Gasteiger partial charge < -0.3 is 0 Å². The van der Waals surface area contributed by atoms with Gasteiger partial charge in [0.25, 0.3) is 12.0 Å². The summed E-state index contributed by atoms with van der Waals surface area (Å²) in [4.78, 5) is 16.3. The molecule has 0 unspecified atom stereocenters. The third kappa shape index (κ3) is 2.29. The Morgan fingerprint density at radius 1 is 1.05 bits per heavy atom. The quantitative estimate of drug-likeness (QED) is 0.724. The Hall–Kier alpha value is -2.63. The van der Waals surface area contributed by atoms with E-state index < -0.39 is 23.4 Å². The van der Waals surface area contributed by atoms with Gasteiger partial charge in [-0.05, 0) is 12.1 Å². The summed E-state index contributed by atoms with van der Waals surface area (Å²) in [5, 5.41) is 0. The molecule has 21 heavy (non-hydrogen) atoms. The van der Waals surface area contributed by atoms with Gasteiger partial charge in [-0.3, -0.25) is 9.20 Å². The summed E-state index contributed by atoms with van der Waals surface area (Å²) in [5.41, 5.74) is -1.25. The van der Waals surface area contributed by atoms with E-state index in [-0.39, 0.29) is 11.3 Å². The molecule has 2 heterocycles. The zero-order valence-corrected chi connectivity index (χ0v) is 10.6. The van der Waals surface area contributed by atoms with Crippen molar-refractivity contribution >= 4 is 5.65 Å². The number of hydrogen-bond acceptors (Lipinski definition) is 2. The Kier molecular flexibility index (Phi) is 3.21. The SMILES string of the molecule is O=c1c(C(F)F)c(-c2ccccc2)nc2ccc(F)cn12. The van der Waals surface area contributed by atoms with Gasteiger partial charge >= 0.3 is 0 Å². The molecule has 0 radical (unpaired) electrons. The molecule has 0 aliphatic heterocycles. The fourth-order valence-corrected chi connectivity index (χ4v) is 2.14. The summed E-state index contributed by atoms with van der Waals surface area (Å²) in [7, 11) is 0. The van der Waals surface area contributed by atoms with E-state index in [9.17, 15) is 18.0 Å². The average Bonchev–Trinajstić information content (AvgIpc) is 2.48. The van der Waals surface area contributed by atoms with Gasteiger partial charge in [-0.25, -0.2) is 18.2 Å². The lowest BCUT2D eigenvalue weighted by atomic mass is 10.1. The number of pyridine rings is 1. The van der Waals surface area contributed by atoms with Crippen LogP contribution in [0.3, 0.4) is 0 Å². The number of aromatic nitrogens is 2. The van der Waals surface area contributed by atoms with Gasteiger partial charge in [0.15, 0.2) is 0 Å². The first-order valence-electron chi connectivity index (χ1n) is 6.13. The topological polar surface area (TPSA) is 34.4 Å². The van der Waals surface area contributed by atoms with E-state index in [1.165, 1.54) is 6.07 Å². The van der Waals surface area contributed by atoms with Gasteiger partial charge in [0.05, 0.1) is 5.69 Å². The highest BCUT2D eigenvalue weighted by molar-refractivity contribution is 5.65. The van der Waals surface area contributed by atoms with E-state index >= 15 is 0 Å². The van der Waals surface area contributed by atoms with Gasteiger partial charge in [0.1, 0.15) is 17.0 Å². The maximum Gasteiger partial charge on any atom is 0.271 e. The molecule has 0 saturated carbocycles. The Morgan fingerprint density at radius 2 is 1.76 bits per heavy atom. The molecule has 0 spiro atoms. The number of alkyl halides is 2. The number of rotatable bonds is 2. The van der Waals surface area contributed by atoms with Gasteiger partial charge in [-0.15, -0.1) is 0 Å². The lowest BCUT2D eigenvalue weighted by Crippen LogP contribution is -2.21. The molecule has 0 atom stereocenters. The first-order valence-corrected chi connectivity index (χ1v) is 6.13. The fourth-order valence-electron chi connectivity index (χ4n) is 2.14. The van der Waals surface area contributed by atoms with Crippen LogP contribution >= 0.6 is 0 Å². The van der Waals surface area contributed by atoms with Crippen molar-refractivity contribution in [1.29, 1.82) is 0 Å². The number of halogens is 3. The molecule has 0 bridgehead atoms. The van der Waals surface area contributed by atoms with Crippen molar-refractivity contribution in [3.05, 3.63) is 70.4 Å². The largest absolute Gasteiger partial charge is 0.271 e. The predicted octanol–water partition coefficient (Wildman–Crippen LogP) is 3.44. The summed E-state index contributed by atoms with van der Waals surface area (Å²) < 4.78 is 40.5. The summed E-state index contributed by atoms with van der Waals surface area (Å²) in [5.74, 6) is -0.695. The minimum absolute atomic E-state index is 0.0813. The molecule has 0 saturated heterocycles. The van der Waals surface area contributed by atoms with Crippen LogP contribution < -0.4 is 5.56 Å². The number of nitrogens with zero attached hydrogens (tertiary/aromatic N) is 2. The van der Waals surface area contributed by atoms with Crippen LogP contribution in [0.4, 0.5) is 13.2 Å². The third-order valence-corrected chi connectivity index (χ3v) is 3.09. The van der Waals surface area contributed by atoms with Crippen LogP contribution in [-0.2, 0) is 0 Å². The smallest absolute Gasteiger partial charge is 0.268 e. The number of hydrogen-bond donors (Lipinski definition) is 0. The van der Waals surface area contributed by atoms with Crippen molar-refractivity contribution in [3.8, 4) is 11.3 Å². The highest BCUT2D eigenvalue weighted by Gasteiger charge is 2.22. The lowest BCUT2D eigenvalue weighted by molar-refractivity contribution is 0.149. The molecule has 0 N–H and O–H groups in total. The van der Waals surface area contributed by atoms with Crippen molar-refractivity contribution in [2.45, 2.75) is 6.43 Å². The Bertz CT molecular complexity index is 860. The van der Waals surface area contributed by atoms with Gasteiger partial charge in [-0.2, -0.15) is 0 Å². The third-order valence-electron chi connectivity index (χ3n) is 3.09. The van der Waals surface area contributed by atoms with E-state index in [1.807, 2.05) is 0 Å². The van der Waals surface area contributed by atoms with Crippen LogP contribution in [-0.4, -0.2) is 9.38 Å². The highest BCUT2D eigenvalue weighted by atomic mass is 19.3. The Morgan fingerprint density at radius 3 is 2.43 bits per heavy atom. The van der Waals surface area contributed by atoms with E-state index in [2.05, 4.69) is 4.98 Å². The second kappa shape index (κ2) is 5.05. The molecule has 0 fully saturated rings. The van der Waals surface area contributed by atoms with Crippen LogP contribution in [0.5, 0.6) is 0 Å². The van der Waals surface area contributed by atoms with E-state index in [0.717, 1.165) is 16.7 Å². The van der Waals surface area contributed by atoms with Crippen LogP contribution in [0.2, 0.25) is 0 Å². The monoisotopic (exact) mass is 290 g/mol. The maximum absolute atomic E-state index is 13.3. The molecule has 0 amide bonds. The van der Waals surface area contributed by atoms with E-state index in [4.69, 9.17) is 0 Å². The van der Waals surface area contributed by atoms with Gasteiger partial charge in [0, 0.05) is 11.8 Å². The van der Waals surface area contributed by atoms with Gasteiger partial charge in [-0.1, -0.05) is 30.3 Å². The molecule has 6 heteroatoms. The van der Waals surface area contributed by atoms with Crippen molar-refractivity contribution in [2.24, 2.45) is 0 Å². The minimum Gasteiger partial charge on any atom is -0.268 e.